The van der Waals surface area contributed by atoms with Crippen molar-refractivity contribution in [1.29, 1.82) is 0 Å². The van der Waals surface area contributed by atoms with Crippen molar-refractivity contribution in [3.63, 3.8) is 0 Å². The molecule has 1 heterocycles. The van der Waals surface area contributed by atoms with E-state index in [9.17, 15) is 14.4 Å². The van der Waals surface area contributed by atoms with E-state index in [1.54, 1.807) is 24.3 Å². The molecule has 1 saturated heterocycles. The molecule has 0 spiro atoms. The zero-order valence-electron chi connectivity index (χ0n) is 14.8. The molecule has 134 valence electrons. The van der Waals surface area contributed by atoms with Gasteiger partial charge in [0.25, 0.3) is 5.91 Å². The molecule has 3 rings (SSSR count). The molecule has 1 aliphatic heterocycles. The normalized spacial score (nSPS) is 27.5. The van der Waals surface area contributed by atoms with E-state index >= 15 is 0 Å². The number of aliphatic hydroxyl groups excluding tert-OH is 1. The number of aliphatic hydroxyl groups is 1. The summed E-state index contributed by atoms with van der Waals surface area (Å²) in [5, 5.41) is 11.4. The third-order valence-corrected chi connectivity index (χ3v) is 6.18. The Balaban J connectivity index is 1.96. The summed E-state index contributed by atoms with van der Waals surface area (Å²) in [4.78, 5) is 39.5. The fraction of sp³-hybridized carbons (Fsp3) is 0.526. The lowest BCUT2D eigenvalue weighted by molar-refractivity contribution is -0.146. The average Bonchev–Trinajstić information content (AvgIpc) is 2.76. The Morgan fingerprint density at radius 2 is 2.04 bits per heavy atom. The monoisotopic (exact) mass is 344 g/mol. The summed E-state index contributed by atoms with van der Waals surface area (Å²) in [5.41, 5.74) is -0.164. The van der Waals surface area contributed by atoms with Crippen molar-refractivity contribution in [2.45, 2.75) is 33.6 Å². The summed E-state index contributed by atoms with van der Waals surface area (Å²) in [6.45, 7) is 5.93. The predicted molar refractivity (Wildman–Crippen MR) is 93.0 cm³/mol. The molecule has 1 aromatic carbocycles. The Morgan fingerprint density at radius 1 is 1.32 bits per heavy atom. The third-order valence-electron chi connectivity index (χ3n) is 6.18. The molecule has 2 aliphatic rings. The van der Waals surface area contributed by atoms with Crippen LogP contribution >= 0.6 is 0 Å². The van der Waals surface area contributed by atoms with Crippen LogP contribution in [0.15, 0.2) is 24.3 Å². The van der Waals surface area contributed by atoms with Crippen LogP contribution in [0.5, 0.6) is 0 Å². The van der Waals surface area contributed by atoms with Gasteiger partial charge < -0.3 is 10.4 Å². The van der Waals surface area contributed by atoms with Crippen molar-refractivity contribution in [1.82, 2.24) is 5.32 Å². The van der Waals surface area contributed by atoms with Gasteiger partial charge in [0.15, 0.2) is 0 Å². The molecular weight excluding hydrogens is 320 g/mol. The average molecular weight is 344 g/mol. The summed E-state index contributed by atoms with van der Waals surface area (Å²) >= 11 is 0. The molecule has 1 saturated carbocycles. The number of hydrogen-bond acceptors (Lipinski definition) is 4. The van der Waals surface area contributed by atoms with Gasteiger partial charge in [-0.05, 0) is 36.5 Å². The Labute approximate surface area is 147 Å². The van der Waals surface area contributed by atoms with E-state index < -0.39 is 5.41 Å². The van der Waals surface area contributed by atoms with Crippen molar-refractivity contribution in [2.75, 3.05) is 18.1 Å². The van der Waals surface area contributed by atoms with Gasteiger partial charge in [0.1, 0.15) is 0 Å². The summed E-state index contributed by atoms with van der Waals surface area (Å²) < 4.78 is 0. The smallest absolute Gasteiger partial charge is 0.251 e. The maximum atomic E-state index is 13.2. The zero-order chi connectivity index (χ0) is 18.4. The van der Waals surface area contributed by atoms with Crippen molar-refractivity contribution in [3.8, 4) is 0 Å². The SMILES string of the molecule is CC1(C)[C@H]2CC[C@]1(C)C(=O)N(c1cccc(C(=O)NCCO)c1)C2=O. The number of hydrogen-bond donors (Lipinski definition) is 2. The van der Waals surface area contributed by atoms with Crippen LogP contribution < -0.4 is 10.2 Å². The molecule has 2 fully saturated rings. The number of anilines is 1. The highest BCUT2D eigenvalue weighted by Gasteiger charge is 2.64. The topological polar surface area (TPSA) is 86.7 Å². The lowest BCUT2D eigenvalue weighted by atomic mass is 9.62. The van der Waals surface area contributed by atoms with E-state index in [1.165, 1.54) is 4.90 Å². The number of carbonyl (C=O) groups is 3. The van der Waals surface area contributed by atoms with Crippen LogP contribution in [0, 0.1) is 16.7 Å². The van der Waals surface area contributed by atoms with Gasteiger partial charge in [-0.25, -0.2) is 4.90 Å². The minimum atomic E-state index is -0.583. The van der Waals surface area contributed by atoms with Crippen LogP contribution in [0.4, 0.5) is 5.69 Å². The van der Waals surface area contributed by atoms with Gasteiger partial charge in [-0.2, -0.15) is 0 Å². The Hall–Kier alpha value is -2.21. The minimum Gasteiger partial charge on any atom is -0.395 e. The van der Waals surface area contributed by atoms with Gasteiger partial charge in [-0.3, -0.25) is 14.4 Å². The van der Waals surface area contributed by atoms with Crippen molar-refractivity contribution < 1.29 is 19.5 Å². The highest BCUT2D eigenvalue weighted by atomic mass is 16.3. The lowest BCUT2D eigenvalue weighted by Crippen LogP contribution is -2.59. The molecule has 3 amide bonds. The fourth-order valence-electron chi connectivity index (χ4n) is 4.12. The number of nitrogens with one attached hydrogen (secondary N) is 1. The number of nitrogens with zero attached hydrogens (tertiary/aromatic N) is 1. The molecule has 2 N–H and O–H groups in total. The van der Waals surface area contributed by atoms with Crippen LogP contribution in [-0.2, 0) is 9.59 Å². The fourth-order valence-corrected chi connectivity index (χ4v) is 4.12. The Kier molecular flexibility index (Phi) is 4.19. The molecule has 0 unspecified atom stereocenters. The maximum Gasteiger partial charge on any atom is 0.251 e. The Bertz CT molecular complexity index is 743. The van der Waals surface area contributed by atoms with Crippen LogP contribution in [0.25, 0.3) is 0 Å². The number of amides is 3. The molecule has 6 nitrogen and oxygen atoms in total. The highest BCUT2D eigenvalue weighted by molar-refractivity contribution is 6.20. The molecule has 1 aromatic rings. The molecule has 6 heteroatoms. The molecule has 2 atom stereocenters. The first-order valence-electron chi connectivity index (χ1n) is 8.61. The van der Waals surface area contributed by atoms with E-state index in [4.69, 9.17) is 5.11 Å². The second-order valence-corrected chi connectivity index (χ2v) is 7.65. The number of carbonyl (C=O) groups excluding carboxylic acids is 3. The number of piperidine rings is 1. The second kappa shape index (κ2) is 5.95. The summed E-state index contributed by atoms with van der Waals surface area (Å²) in [6.07, 6.45) is 1.41. The van der Waals surface area contributed by atoms with Crippen molar-refractivity contribution in [2.24, 2.45) is 16.7 Å². The van der Waals surface area contributed by atoms with Crippen molar-refractivity contribution in [3.05, 3.63) is 29.8 Å². The first-order chi connectivity index (χ1) is 11.7. The van der Waals surface area contributed by atoms with E-state index in [2.05, 4.69) is 5.32 Å². The van der Waals surface area contributed by atoms with E-state index in [-0.39, 0.29) is 42.2 Å². The van der Waals surface area contributed by atoms with Gasteiger partial charge in [0.05, 0.1) is 17.7 Å². The molecular formula is C19H24N2O4. The minimum absolute atomic E-state index is 0.149. The molecule has 1 aliphatic carbocycles. The predicted octanol–water partition coefficient (Wildman–Crippen LogP) is 1.72. The van der Waals surface area contributed by atoms with Gasteiger partial charge in [-0.1, -0.05) is 26.8 Å². The largest absolute Gasteiger partial charge is 0.395 e. The zero-order valence-corrected chi connectivity index (χ0v) is 14.8. The van der Waals surface area contributed by atoms with Gasteiger partial charge in [0.2, 0.25) is 11.8 Å². The van der Waals surface area contributed by atoms with Crippen LogP contribution in [0.1, 0.15) is 44.0 Å². The molecule has 0 aromatic heterocycles. The first kappa shape index (κ1) is 17.6. The van der Waals surface area contributed by atoms with E-state index in [1.807, 2.05) is 20.8 Å². The first-order valence-corrected chi connectivity index (χ1v) is 8.61. The standard InChI is InChI=1S/C19H24N2O4/c1-18(2)14-7-8-19(18,3)17(25)21(16(14)24)13-6-4-5-12(11-13)15(23)20-9-10-22/h4-6,11,14,22H,7-10H2,1-3H3,(H,20,23)/t14-,19+/m0/s1. The van der Waals surface area contributed by atoms with E-state index in [0.717, 1.165) is 0 Å². The number of benzene rings is 1. The van der Waals surface area contributed by atoms with E-state index in [0.29, 0.717) is 24.1 Å². The lowest BCUT2D eigenvalue weighted by Gasteiger charge is -2.47. The highest BCUT2D eigenvalue weighted by Crippen LogP contribution is 2.60. The quantitative estimate of drug-likeness (QED) is 0.815. The van der Waals surface area contributed by atoms with Gasteiger partial charge in [0, 0.05) is 18.0 Å². The maximum absolute atomic E-state index is 13.2. The molecule has 25 heavy (non-hydrogen) atoms. The number of imide groups is 1. The third kappa shape index (κ3) is 2.47. The van der Waals surface area contributed by atoms with Gasteiger partial charge in [-0.15, -0.1) is 0 Å². The number of rotatable bonds is 4. The van der Waals surface area contributed by atoms with Crippen molar-refractivity contribution >= 4 is 23.4 Å². The summed E-state index contributed by atoms with van der Waals surface area (Å²) in [6, 6.07) is 6.52. The summed E-state index contributed by atoms with van der Waals surface area (Å²) in [7, 11) is 0. The van der Waals surface area contributed by atoms with Crippen LogP contribution in [0.3, 0.4) is 0 Å². The summed E-state index contributed by atoms with van der Waals surface area (Å²) in [5.74, 6) is -0.911. The Morgan fingerprint density at radius 3 is 2.72 bits per heavy atom. The molecule has 0 radical (unpaired) electrons. The molecule has 2 bridgehead atoms. The second-order valence-electron chi connectivity index (χ2n) is 7.65. The van der Waals surface area contributed by atoms with Crippen LogP contribution in [0.2, 0.25) is 0 Å². The van der Waals surface area contributed by atoms with Gasteiger partial charge >= 0.3 is 0 Å². The van der Waals surface area contributed by atoms with Crippen LogP contribution in [-0.4, -0.2) is 36.0 Å². The number of fused-ring (bicyclic) bond motifs is 2.